The molecule has 0 saturated carbocycles. The second kappa shape index (κ2) is 6.62. The molecule has 0 bridgehead atoms. The Balaban J connectivity index is 1.81. The summed E-state index contributed by atoms with van der Waals surface area (Å²) in [5.41, 5.74) is 0. The molecular weight excluding hydrogens is 271 g/mol. The van der Waals surface area contributed by atoms with Crippen molar-refractivity contribution in [2.24, 2.45) is 0 Å². The van der Waals surface area contributed by atoms with Crippen molar-refractivity contribution < 1.29 is 4.74 Å². The molecule has 1 saturated heterocycles. The van der Waals surface area contributed by atoms with Crippen LogP contribution < -0.4 is 10.1 Å². The zero-order valence-electron chi connectivity index (χ0n) is 10.5. The van der Waals surface area contributed by atoms with E-state index in [4.69, 9.17) is 27.9 Å². The van der Waals surface area contributed by atoms with E-state index >= 15 is 0 Å². The van der Waals surface area contributed by atoms with Gasteiger partial charge < -0.3 is 10.1 Å². The van der Waals surface area contributed by atoms with Gasteiger partial charge >= 0.3 is 0 Å². The summed E-state index contributed by atoms with van der Waals surface area (Å²) < 4.78 is 5.69. The van der Waals surface area contributed by atoms with Crippen molar-refractivity contribution in [3.05, 3.63) is 28.2 Å². The minimum Gasteiger partial charge on any atom is -0.491 e. The summed E-state index contributed by atoms with van der Waals surface area (Å²) in [6, 6.07) is 5.86. The number of piperazine rings is 1. The van der Waals surface area contributed by atoms with Gasteiger partial charge in [-0.1, -0.05) is 23.2 Å². The fourth-order valence-electron chi connectivity index (χ4n) is 2.08. The first kappa shape index (κ1) is 13.9. The van der Waals surface area contributed by atoms with Crippen LogP contribution >= 0.6 is 23.2 Å². The van der Waals surface area contributed by atoms with Crippen molar-refractivity contribution in [3.8, 4) is 5.75 Å². The van der Waals surface area contributed by atoms with Gasteiger partial charge in [0.25, 0.3) is 0 Å². The van der Waals surface area contributed by atoms with Crippen LogP contribution in [0.4, 0.5) is 0 Å². The number of hydrogen-bond acceptors (Lipinski definition) is 3. The summed E-state index contributed by atoms with van der Waals surface area (Å²) in [5.74, 6) is 0.698. The molecule has 1 aromatic carbocycles. The average molecular weight is 289 g/mol. The first-order valence-electron chi connectivity index (χ1n) is 6.19. The normalized spacial score (nSPS) is 20.9. The molecule has 5 heteroatoms. The molecule has 1 atom stereocenters. The number of halogens is 2. The fourth-order valence-corrected chi connectivity index (χ4v) is 2.54. The molecule has 0 spiro atoms. The highest BCUT2D eigenvalue weighted by molar-refractivity contribution is 6.35. The molecule has 100 valence electrons. The Kier molecular flexibility index (Phi) is 5.13. The minimum atomic E-state index is 0.558. The largest absolute Gasteiger partial charge is 0.491 e. The molecule has 1 unspecified atom stereocenters. The molecule has 2 rings (SSSR count). The third kappa shape index (κ3) is 3.75. The van der Waals surface area contributed by atoms with Crippen molar-refractivity contribution in [3.63, 3.8) is 0 Å². The monoisotopic (exact) mass is 288 g/mol. The summed E-state index contributed by atoms with van der Waals surface area (Å²) in [6.45, 7) is 6.95. The molecule has 1 aliphatic rings. The van der Waals surface area contributed by atoms with Gasteiger partial charge in [-0.25, -0.2) is 0 Å². The van der Waals surface area contributed by atoms with Crippen LogP contribution in [0.25, 0.3) is 0 Å². The maximum absolute atomic E-state index is 6.05. The van der Waals surface area contributed by atoms with Crippen molar-refractivity contribution in [2.75, 3.05) is 32.8 Å². The average Bonchev–Trinajstić information content (AvgIpc) is 2.34. The standard InChI is InChI=1S/C13H18Cl2N2O/c1-10-9-16-4-5-17(10)6-7-18-13-3-2-11(14)8-12(13)15/h2-3,8,10,16H,4-7,9H2,1H3. The zero-order valence-corrected chi connectivity index (χ0v) is 12.0. The Morgan fingerprint density at radius 3 is 3.00 bits per heavy atom. The van der Waals surface area contributed by atoms with Crippen LogP contribution in [0.15, 0.2) is 18.2 Å². The Labute approximate surface area is 118 Å². The molecule has 0 aliphatic carbocycles. The zero-order chi connectivity index (χ0) is 13.0. The van der Waals surface area contributed by atoms with Crippen LogP contribution in [0.1, 0.15) is 6.92 Å². The smallest absolute Gasteiger partial charge is 0.138 e. The maximum atomic E-state index is 6.05. The third-order valence-electron chi connectivity index (χ3n) is 3.17. The van der Waals surface area contributed by atoms with E-state index in [9.17, 15) is 0 Å². The molecule has 1 heterocycles. The van der Waals surface area contributed by atoms with Crippen LogP contribution in [0.3, 0.4) is 0 Å². The molecule has 1 N–H and O–H groups in total. The summed E-state index contributed by atoms with van der Waals surface area (Å²) >= 11 is 11.9. The minimum absolute atomic E-state index is 0.558. The number of benzene rings is 1. The van der Waals surface area contributed by atoms with Gasteiger partial charge in [0, 0.05) is 37.2 Å². The van der Waals surface area contributed by atoms with Gasteiger partial charge in [0.2, 0.25) is 0 Å². The lowest BCUT2D eigenvalue weighted by molar-refractivity contribution is 0.143. The molecule has 18 heavy (non-hydrogen) atoms. The second-order valence-corrected chi connectivity index (χ2v) is 5.36. The highest BCUT2D eigenvalue weighted by Crippen LogP contribution is 2.27. The Bertz CT molecular complexity index is 401. The Morgan fingerprint density at radius 2 is 2.28 bits per heavy atom. The second-order valence-electron chi connectivity index (χ2n) is 4.51. The van der Waals surface area contributed by atoms with Crippen molar-refractivity contribution in [1.82, 2.24) is 10.2 Å². The predicted molar refractivity (Wildman–Crippen MR) is 75.9 cm³/mol. The van der Waals surface area contributed by atoms with Gasteiger partial charge in [-0.15, -0.1) is 0 Å². The Morgan fingerprint density at radius 1 is 1.44 bits per heavy atom. The molecule has 0 radical (unpaired) electrons. The van der Waals surface area contributed by atoms with Crippen LogP contribution in [-0.2, 0) is 0 Å². The number of nitrogens with one attached hydrogen (secondary N) is 1. The highest BCUT2D eigenvalue weighted by atomic mass is 35.5. The van der Waals surface area contributed by atoms with E-state index < -0.39 is 0 Å². The first-order chi connectivity index (χ1) is 8.66. The van der Waals surface area contributed by atoms with E-state index in [-0.39, 0.29) is 0 Å². The lowest BCUT2D eigenvalue weighted by atomic mass is 10.2. The van der Waals surface area contributed by atoms with E-state index in [0.717, 1.165) is 26.2 Å². The third-order valence-corrected chi connectivity index (χ3v) is 3.70. The maximum Gasteiger partial charge on any atom is 0.138 e. The lowest BCUT2D eigenvalue weighted by Crippen LogP contribution is -2.50. The van der Waals surface area contributed by atoms with E-state index in [0.29, 0.717) is 28.4 Å². The fraction of sp³-hybridized carbons (Fsp3) is 0.538. The topological polar surface area (TPSA) is 24.5 Å². The van der Waals surface area contributed by atoms with Crippen LogP contribution in [0, 0.1) is 0 Å². The predicted octanol–water partition coefficient (Wildman–Crippen LogP) is 2.67. The molecule has 0 aromatic heterocycles. The van der Waals surface area contributed by atoms with Crippen LogP contribution in [0.5, 0.6) is 5.75 Å². The van der Waals surface area contributed by atoms with Crippen molar-refractivity contribution in [2.45, 2.75) is 13.0 Å². The van der Waals surface area contributed by atoms with Gasteiger partial charge in [-0.3, -0.25) is 4.90 Å². The van der Waals surface area contributed by atoms with E-state index in [2.05, 4.69) is 17.1 Å². The number of hydrogen-bond donors (Lipinski definition) is 1. The van der Waals surface area contributed by atoms with Gasteiger partial charge in [-0.05, 0) is 25.1 Å². The van der Waals surface area contributed by atoms with Gasteiger partial charge in [0.05, 0.1) is 5.02 Å². The molecule has 0 amide bonds. The molecule has 1 aliphatic heterocycles. The summed E-state index contributed by atoms with van der Waals surface area (Å²) in [4.78, 5) is 2.42. The molecule has 1 fully saturated rings. The summed E-state index contributed by atoms with van der Waals surface area (Å²) in [7, 11) is 0. The van der Waals surface area contributed by atoms with Crippen molar-refractivity contribution in [1.29, 1.82) is 0 Å². The number of nitrogens with zero attached hydrogens (tertiary/aromatic N) is 1. The lowest BCUT2D eigenvalue weighted by Gasteiger charge is -2.33. The van der Waals surface area contributed by atoms with Crippen LogP contribution in [-0.4, -0.2) is 43.7 Å². The van der Waals surface area contributed by atoms with Gasteiger partial charge in [0.1, 0.15) is 12.4 Å². The highest BCUT2D eigenvalue weighted by Gasteiger charge is 2.17. The van der Waals surface area contributed by atoms with Crippen LogP contribution in [0.2, 0.25) is 10.0 Å². The number of ether oxygens (including phenoxy) is 1. The molecule has 1 aromatic rings. The van der Waals surface area contributed by atoms with E-state index in [1.807, 2.05) is 6.07 Å². The van der Waals surface area contributed by atoms with Gasteiger partial charge in [0.15, 0.2) is 0 Å². The SMILES string of the molecule is CC1CNCCN1CCOc1ccc(Cl)cc1Cl. The first-order valence-corrected chi connectivity index (χ1v) is 6.95. The van der Waals surface area contributed by atoms with E-state index in [1.54, 1.807) is 12.1 Å². The quantitative estimate of drug-likeness (QED) is 0.922. The Hall–Kier alpha value is -0.480. The molecular formula is C13H18Cl2N2O. The van der Waals surface area contributed by atoms with Crippen molar-refractivity contribution >= 4 is 23.2 Å². The molecule has 3 nitrogen and oxygen atoms in total. The van der Waals surface area contributed by atoms with Gasteiger partial charge in [-0.2, -0.15) is 0 Å². The number of rotatable bonds is 4. The van der Waals surface area contributed by atoms with E-state index in [1.165, 1.54) is 0 Å². The summed E-state index contributed by atoms with van der Waals surface area (Å²) in [6.07, 6.45) is 0. The summed E-state index contributed by atoms with van der Waals surface area (Å²) in [5, 5.41) is 4.56.